The topological polar surface area (TPSA) is 82.3 Å². The summed E-state index contributed by atoms with van der Waals surface area (Å²) in [5, 5.41) is 0. The smallest absolute Gasteiger partial charge is 0.347 e. The van der Waals surface area contributed by atoms with Crippen molar-refractivity contribution in [2.75, 3.05) is 6.54 Å². The van der Waals surface area contributed by atoms with Crippen LogP contribution in [-0.2, 0) is 9.53 Å². The minimum Gasteiger partial charge on any atom is -0.389 e. The Morgan fingerprint density at radius 2 is 2.12 bits per heavy atom. The Morgan fingerprint density at radius 3 is 2.76 bits per heavy atom. The second kappa shape index (κ2) is 7.51. The number of carbonyl (C=O) groups excluding carboxylic acids is 2. The molecule has 0 amide bonds. The van der Waals surface area contributed by atoms with Crippen molar-refractivity contribution in [2.24, 2.45) is 5.73 Å². The number of pyridine rings is 1. The first kappa shape index (κ1) is 13.3. The van der Waals surface area contributed by atoms with Gasteiger partial charge in [-0.05, 0) is 31.5 Å². The van der Waals surface area contributed by atoms with Crippen LogP contribution in [0.1, 0.15) is 36.0 Å². The van der Waals surface area contributed by atoms with Crippen LogP contribution < -0.4 is 5.73 Å². The van der Waals surface area contributed by atoms with Crippen LogP contribution >= 0.6 is 0 Å². The molecule has 0 saturated heterocycles. The van der Waals surface area contributed by atoms with E-state index in [4.69, 9.17) is 5.73 Å². The van der Waals surface area contributed by atoms with Crippen LogP contribution in [0.2, 0.25) is 0 Å². The second-order valence-electron chi connectivity index (χ2n) is 3.60. The normalized spacial score (nSPS) is 9.94. The van der Waals surface area contributed by atoms with Crippen molar-refractivity contribution >= 4 is 11.9 Å². The molecule has 0 aliphatic rings. The molecule has 0 radical (unpaired) electrons. The summed E-state index contributed by atoms with van der Waals surface area (Å²) >= 11 is 0. The zero-order valence-electron chi connectivity index (χ0n) is 9.59. The van der Waals surface area contributed by atoms with E-state index in [9.17, 15) is 9.59 Å². The molecule has 0 spiro atoms. The molecule has 0 bridgehead atoms. The lowest BCUT2D eigenvalue weighted by atomic mass is 10.2. The van der Waals surface area contributed by atoms with E-state index in [2.05, 4.69) is 9.72 Å². The molecule has 0 aliphatic heterocycles. The summed E-state index contributed by atoms with van der Waals surface area (Å²) in [7, 11) is 0. The Balaban J connectivity index is 2.29. The van der Waals surface area contributed by atoms with Gasteiger partial charge in [-0.25, -0.2) is 4.79 Å². The maximum Gasteiger partial charge on any atom is 0.347 e. The van der Waals surface area contributed by atoms with Crippen molar-refractivity contribution in [3.8, 4) is 0 Å². The van der Waals surface area contributed by atoms with Crippen LogP contribution in [0.15, 0.2) is 24.5 Å². The fraction of sp³-hybridized carbons (Fsp3) is 0.417. The first-order valence-corrected chi connectivity index (χ1v) is 5.59. The highest BCUT2D eigenvalue weighted by Crippen LogP contribution is 2.04. The zero-order valence-corrected chi connectivity index (χ0v) is 9.59. The van der Waals surface area contributed by atoms with Crippen molar-refractivity contribution in [3.63, 3.8) is 0 Å². The third kappa shape index (κ3) is 5.21. The molecular weight excluding hydrogens is 220 g/mol. The van der Waals surface area contributed by atoms with Crippen LogP contribution in [0.3, 0.4) is 0 Å². The molecule has 17 heavy (non-hydrogen) atoms. The molecule has 92 valence electrons. The third-order valence-corrected chi connectivity index (χ3v) is 2.19. The van der Waals surface area contributed by atoms with Gasteiger partial charge in [0.15, 0.2) is 0 Å². The first-order valence-electron chi connectivity index (χ1n) is 5.59. The third-order valence-electron chi connectivity index (χ3n) is 2.19. The van der Waals surface area contributed by atoms with Crippen LogP contribution in [0.5, 0.6) is 0 Å². The van der Waals surface area contributed by atoms with E-state index in [0.29, 0.717) is 13.0 Å². The van der Waals surface area contributed by atoms with E-state index >= 15 is 0 Å². The van der Waals surface area contributed by atoms with Gasteiger partial charge in [0.05, 0.1) is 5.56 Å². The number of unbranched alkanes of at least 4 members (excludes halogenated alkanes) is 2. The Hall–Kier alpha value is -1.75. The Kier molecular flexibility index (Phi) is 5.88. The number of hydrogen-bond donors (Lipinski definition) is 1. The van der Waals surface area contributed by atoms with Crippen molar-refractivity contribution in [2.45, 2.75) is 25.7 Å². The van der Waals surface area contributed by atoms with Gasteiger partial charge in [-0.3, -0.25) is 9.78 Å². The predicted octanol–water partition coefficient (Wildman–Crippen LogP) is 1.28. The van der Waals surface area contributed by atoms with Gasteiger partial charge < -0.3 is 10.5 Å². The Morgan fingerprint density at radius 1 is 1.29 bits per heavy atom. The average Bonchev–Trinajstić information content (AvgIpc) is 2.36. The van der Waals surface area contributed by atoms with E-state index in [1.165, 1.54) is 6.20 Å². The van der Waals surface area contributed by atoms with Crippen LogP contribution in [0.4, 0.5) is 0 Å². The molecule has 0 aliphatic carbocycles. The van der Waals surface area contributed by atoms with Gasteiger partial charge in [0.25, 0.3) is 0 Å². The predicted molar refractivity (Wildman–Crippen MR) is 62.2 cm³/mol. The van der Waals surface area contributed by atoms with Crippen molar-refractivity contribution < 1.29 is 14.3 Å². The Labute approximate surface area is 100.0 Å². The monoisotopic (exact) mass is 236 g/mol. The number of carbonyl (C=O) groups is 2. The van der Waals surface area contributed by atoms with Gasteiger partial charge in [-0.2, -0.15) is 0 Å². The maximum absolute atomic E-state index is 11.4. The molecule has 0 fully saturated rings. The number of esters is 2. The number of nitrogens with two attached hydrogens (primary N) is 1. The molecule has 2 N–H and O–H groups in total. The molecule has 1 aromatic rings. The summed E-state index contributed by atoms with van der Waals surface area (Å²) in [6.45, 7) is 0.615. The van der Waals surface area contributed by atoms with Gasteiger partial charge in [-0.1, -0.05) is 6.42 Å². The highest BCUT2D eigenvalue weighted by Gasteiger charge is 2.12. The van der Waals surface area contributed by atoms with E-state index < -0.39 is 11.9 Å². The summed E-state index contributed by atoms with van der Waals surface area (Å²) in [6.07, 6.45) is 5.59. The van der Waals surface area contributed by atoms with E-state index in [0.717, 1.165) is 12.8 Å². The standard InChI is InChI=1S/C12H16N2O3/c13-7-3-1-2-6-11(15)17-12(16)10-5-4-8-14-9-10/h4-5,8-9H,1-3,6-7,13H2. The summed E-state index contributed by atoms with van der Waals surface area (Å²) < 4.78 is 4.67. The molecule has 0 saturated carbocycles. The number of nitrogens with zero attached hydrogens (tertiary/aromatic N) is 1. The van der Waals surface area contributed by atoms with Gasteiger partial charge in [0, 0.05) is 18.8 Å². The SMILES string of the molecule is NCCCCCC(=O)OC(=O)c1cccnc1. The fourth-order valence-electron chi connectivity index (χ4n) is 1.29. The molecule has 5 nitrogen and oxygen atoms in total. The summed E-state index contributed by atoms with van der Waals surface area (Å²) in [5.74, 6) is -1.15. The summed E-state index contributed by atoms with van der Waals surface area (Å²) in [6, 6.07) is 3.17. The van der Waals surface area contributed by atoms with Gasteiger partial charge >= 0.3 is 11.9 Å². The largest absolute Gasteiger partial charge is 0.389 e. The van der Waals surface area contributed by atoms with Gasteiger partial charge in [0.1, 0.15) is 0 Å². The first-order chi connectivity index (χ1) is 8.24. The van der Waals surface area contributed by atoms with Crippen molar-refractivity contribution in [1.82, 2.24) is 4.98 Å². The quantitative estimate of drug-likeness (QED) is 0.457. The van der Waals surface area contributed by atoms with Gasteiger partial charge in [0.2, 0.25) is 0 Å². The molecule has 1 rings (SSSR count). The number of hydrogen-bond acceptors (Lipinski definition) is 5. The zero-order chi connectivity index (χ0) is 12.5. The average molecular weight is 236 g/mol. The highest BCUT2D eigenvalue weighted by atomic mass is 16.6. The number of rotatable bonds is 6. The lowest BCUT2D eigenvalue weighted by Gasteiger charge is -2.02. The lowest BCUT2D eigenvalue weighted by Crippen LogP contribution is -2.12. The van der Waals surface area contributed by atoms with Crippen LogP contribution in [0, 0.1) is 0 Å². The molecular formula is C12H16N2O3. The highest BCUT2D eigenvalue weighted by molar-refractivity contribution is 5.96. The van der Waals surface area contributed by atoms with Gasteiger partial charge in [-0.15, -0.1) is 0 Å². The lowest BCUT2D eigenvalue weighted by molar-refractivity contribution is -0.138. The van der Waals surface area contributed by atoms with E-state index in [-0.39, 0.29) is 12.0 Å². The minimum absolute atomic E-state index is 0.242. The van der Waals surface area contributed by atoms with Crippen molar-refractivity contribution in [3.05, 3.63) is 30.1 Å². The molecule has 0 aromatic carbocycles. The van der Waals surface area contributed by atoms with E-state index in [1.54, 1.807) is 18.3 Å². The molecule has 5 heteroatoms. The number of ether oxygens (including phenoxy) is 1. The second-order valence-corrected chi connectivity index (χ2v) is 3.60. The Bertz CT molecular complexity index is 365. The molecule has 1 aromatic heterocycles. The molecule has 1 heterocycles. The van der Waals surface area contributed by atoms with Crippen molar-refractivity contribution in [1.29, 1.82) is 0 Å². The maximum atomic E-state index is 11.4. The minimum atomic E-state index is -0.651. The fourth-order valence-corrected chi connectivity index (χ4v) is 1.29. The molecule has 0 atom stereocenters. The number of aromatic nitrogens is 1. The molecule has 0 unspecified atom stereocenters. The summed E-state index contributed by atoms with van der Waals surface area (Å²) in [4.78, 5) is 26.5. The summed E-state index contributed by atoms with van der Waals surface area (Å²) in [5.41, 5.74) is 5.61. The van der Waals surface area contributed by atoms with Crippen LogP contribution in [-0.4, -0.2) is 23.5 Å². The van der Waals surface area contributed by atoms with E-state index in [1.807, 2.05) is 0 Å². The van der Waals surface area contributed by atoms with Crippen LogP contribution in [0.25, 0.3) is 0 Å².